The van der Waals surface area contributed by atoms with E-state index in [4.69, 9.17) is 4.74 Å². The van der Waals surface area contributed by atoms with Gasteiger partial charge in [0.2, 0.25) is 0 Å². The summed E-state index contributed by atoms with van der Waals surface area (Å²) in [5, 5.41) is 0. The van der Waals surface area contributed by atoms with Gasteiger partial charge in [0.15, 0.2) is 5.76 Å². The predicted molar refractivity (Wildman–Crippen MR) is 54.0 cm³/mol. The van der Waals surface area contributed by atoms with Gasteiger partial charge in [0.05, 0.1) is 0 Å². The van der Waals surface area contributed by atoms with Crippen LogP contribution in [0.5, 0.6) is 0 Å². The van der Waals surface area contributed by atoms with E-state index in [2.05, 4.69) is 18.2 Å². The van der Waals surface area contributed by atoms with Crippen LogP contribution in [0.25, 0.3) is 0 Å². The van der Waals surface area contributed by atoms with Crippen LogP contribution in [-0.2, 0) is 4.74 Å². The lowest BCUT2D eigenvalue weighted by Crippen LogP contribution is -1.73. The average Bonchev–Trinajstić information content (AvgIpc) is 2.83. The standard InChI is InChI=1S/C12H14O/c1-2-4-6-8-10-12-11(13-12)9-7-5-3-1/h1-3,5,7,9H,4,6,8,10H2. The van der Waals surface area contributed by atoms with Crippen molar-refractivity contribution in [3.63, 3.8) is 0 Å². The van der Waals surface area contributed by atoms with Crippen molar-refractivity contribution in [1.29, 1.82) is 0 Å². The zero-order valence-corrected chi connectivity index (χ0v) is 7.70. The number of allylic oxidation sites excluding steroid dienone is 7. The van der Waals surface area contributed by atoms with E-state index in [1.165, 1.54) is 25.0 Å². The van der Waals surface area contributed by atoms with Crippen LogP contribution in [0, 0.1) is 0 Å². The third kappa shape index (κ3) is 2.62. The summed E-state index contributed by atoms with van der Waals surface area (Å²) in [5.74, 6) is 2.27. The molecule has 68 valence electrons. The van der Waals surface area contributed by atoms with Crippen LogP contribution in [0.2, 0.25) is 0 Å². The van der Waals surface area contributed by atoms with Crippen LogP contribution in [0.3, 0.4) is 0 Å². The van der Waals surface area contributed by atoms with Crippen molar-refractivity contribution in [2.45, 2.75) is 25.7 Å². The average molecular weight is 174 g/mol. The summed E-state index contributed by atoms with van der Waals surface area (Å²) in [6.45, 7) is 0. The first-order chi connectivity index (χ1) is 6.47. The van der Waals surface area contributed by atoms with Gasteiger partial charge in [0.25, 0.3) is 0 Å². The molecular formula is C12H14O. The minimum Gasteiger partial charge on any atom is -0.454 e. The highest BCUT2D eigenvalue weighted by molar-refractivity contribution is 5.31. The van der Waals surface area contributed by atoms with Crippen LogP contribution in [0.4, 0.5) is 0 Å². The monoisotopic (exact) mass is 174 g/mol. The van der Waals surface area contributed by atoms with Gasteiger partial charge in [-0.25, -0.2) is 0 Å². The molecule has 0 saturated heterocycles. The maximum atomic E-state index is 5.32. The molecule has 0 fully saturated rings. The Bertz CT molecular complexity index is 292. The summed E-state index contributed by atoms with van der Waals surface area (Å²) in [7, 11) is 0. The molecule has 0 aromatic rings. The Morgan fingerprint density at radius 2 is 1.92 bits per heavy atom. The molecular weight excluding hydrogens is 160 g/mol. The Morgan fingerprint density at radius 3 is 2.92 bits per heavy atom. The van der Waals surface area contributed by atoms with Crippen LogP contribution < -0.4 is 0 Å². The molecule has 13 heavy (non-hydrogen) atoms. The van der Waals surface area contributed by atoms with Gasteiger partial charge in [-0.15, -0.1) is 0 Å². The molecule has 0 bridgehead atoms. The van der Waals surface area contributed by atoms with E-state index >= 15 is 0 Å². The van der Waals surface area contributed by atoms with Gasteiger partial charge < -0.3 is 4.74 Å². The fourth-order valence-corrected chi connectivity index (χ4v) is 1.40. The molecule has 0 N–H and O–H groups in total. The van der Waals surface area contributed by atoms with E-state index in [0.717, 1.165) is 12.2 Å². The van der Waals surface area contributed by atoms with E-state index in [1.54, 1.807) is 0 Å². The van der Waals surface area contributed by atoms with Crippen molar-refractivity contribution in [2.75, 3.05) is 0 Å². The zero-order valence-electron chi connectivity index (χ0n) is 7.70. The topological polar surface area (TPSA) is 12.5 Å². The van der Waals surface area contributed by atoms with Crippen molar-refractivity contribution >= 4 is 0 Å². The molecule has 1 aliphatic carbocycles. The molecule has 2 rings (SSSR count). The molecule has 0 unspecified atom stereocenters. The number of hydrogen-bond donors (Lipinski definition) is 0. The maximum Gasteiger partial charge on any atom is 0.165 e. The highest BCUT2D eigenvalue weighted by atomic mass is 16.6. The molecule has 0 atom stereocenters. The van der Waals surface area contributed by atoms with Gasteiger partial charge in [0.1, 0.15) is 5.76 Å². The molecule has 1 nitrogen and oxygen atoms in total. The zero-order chi connectivity index (χ0) is 8.93. The first kappa shape index (κ1) is 8.36. The summed E-state index contributed by atoms with van der Waals surface area (Å²) in [4.78, 5) is 0. The van der Waals surface area contributed by atoms with E-state index < -0.39 is 0 Å². The third-order valence-corrected chi connectivity index (χ3v) is 2.21. The molecule has 0 amide bonds. The smallest absolute Gasteiger partial charge is 0.165 e. The Hall–Kier alpha value is -1.24. The molecule has 1 heterocycles. The van der Waals surface area contributed by atoms with Gasteiger partial charge in [-0.1, -0.05) is 30.4 Å². The maximum absolute atomic E-state index is 5.32. The van der Waals surface area contributed by atoms with Crippen molar-refractivity contribution in [3.8, 4) is 0 Å². The summed E-state index contributed by atoms with van der Waals surface area (Å²) >= 11 is 0. The fraction of sp³-hybridized carbons (Fsp3) is 0.333. The summed E-state index contributed by atoms with van der Waals surface area (Å²) in [6, 6.07) is 0. The lowest BCUT2D eigenvalue weighted by molar-refractivity contribution is 0.457. The normalized spacial score (nSPS) is 21.5. The molecule has 0 aromatic heterocycles. The predicted octanol–water partition coefficient (Wildman–Crippen LogP) is 3.47. The Kier molecular flexibility index (Phi) is 2.65. The molecule has 0 spiro atoms. The Labute approximate surface area is 79.1 Å². The van der Waals surface area contributed by atoms with Crippen molar-refractivity contribution in [1.82, 2.24) is 0 Å². The van der Waals surface area contributed by atoms with Crippen molar-refractivity contribution in [2.24, 2.45) is 0 Å². The van der Waals surface area contributed by atoms with Crippen molar-refractivity contribution < 1.29 is 4.74 Å². The van der Waals surface area contributed by atoms with E-state index in [1.807, 2.05) is 18.2 Å². The second-order valence-electron chi connectivity index (χ2n) is 3.31. The van der Waals surface area contributed by atoms with Crippen LogP contribution in [0.1, 0.15) is 25.7 Å². The summed E-state index contributed by atoms with van der Waals surface area (Å²) in [5.41, 5.74) is 0. The minimum absolute atomic E-state index is 1.08. The fourth-order valence-electron chi connectivity index (χ4n) is 1.40. The largest absolute Gasteiger partial charge is 0.454 e. The molecule has 0 aromatic carbocycles. The molecule has 1 aliphatic heterocycles. The summed E-state index contributed by atoms with van der Waals surface area (Å²) < 4.78 is 5.32. The Morgan fingerprint density at radius 1 is 1.00 bits per heavy atom. The van der Waals surface area contributed by atoms with Crippen LogP contribution in [0.15, 0.2) is 48.0 Å². The first-order valence-corrected chi connectivity index (χ1v) is 4.88. The van der Waals surface area contributed by atoms with Crippen LogP contribution >= 0.6 is 0 Å². The quantitative estimate of drug-likeness (QED) is 0.547. The van der Waals surface area contributed by atoms with Gasteiger partial charge in [-0.2, -0.15) is 0 Å². The second-order valence-corrected chi connectivity index (χ2v) is 3.31. The third-order valence-electron chi connectivity index (χ3n) is 2.21. The lowest BCUT2D eigenvalue weighted by Gasteiger charge is -1.91. The van der Waals surface area contributed by atoms with Gasteiger partial charge in [0, 0.05) is 6.42 Å². The molecule has 2 aliphatic rings. The summed E-state index contributed by atoms with van der Waals surface area (Å²) in [6.07, 6.45) is 17.2. The van der Waals surface area contributed by atoms with Crippen LogP contribution in [-0.4, -0.2) is 0 Å². The SMILES string of the molecule is C1=CC=CC2=C(CCCCC=C1)O2. The van der Waals surface area contributed by atoms with E-state index in [0.29, 0.717) is 0 Å². The van der Waals surface area contributed by atoms with E-state index in [-0.39, 0.29) is 0 Å². The first-order valence-electron chi connectivity index (χ1n) is 4.88. The molecule has 0 radical (unpaired) electrons. The molecule has 1 heteroatoms. The number of hydrogen-bond acceptors (Lipinski definition) is 1. The van der Waals surface area contributed by atoms with E-state index in [9.17, 15) is 0 Å². The van der Waals surface area contributed by atoms with Gasteiger partial charge >= 0.3 is 0 Å². The highest BCUT2D eigenvalue weighted by Crippen LogP contribution is 2.31. The second kappa shape index (κ2) is 4.13. The van der Waals surface area contributed by atoms with Gasteiger partial charge in [-0.05, 0) is 25.3 Å². The number of ether oxygens (including phenoxy) is 1. The minimum atomic E-state index is 1.08. The van der Waals surface area contributed by atoms with Crippen molar-refractivity contribution in [3.05, 3.63) is 48.0 Å². The lowest BCUT2D eigenvalue weighted by atomic mass is 10.1. The van der Waals surface area contributed by atoms with Gasteiger partial charge in [-0.3, -0.25) is 0 Å². The Balaban J connectivity index is 1.98. The number of rotatable bonds is 0. The highest BCUT2D eigenvalue weighted by Gasteiger charge is 2.20. The molecule has 0 saturated carbocycles.